The first-order chi connectivity index (χ1) is 10.4. The van der Waals surface area contributed by atoms with Gasteiger partial charge >= 0.3 is 5.97 Å². The minimum Gasteiger partial charge on any atom is -0.459 e. The highest BCUT2D eigenvalue weighted by molar-refractivity contribution is 9.10. The molecule has 0 aliphatic heterocycles. The van der Waals surface area contributed by atoms with Crippen molar-refractivity contribution in [3.05, 3.63) is 34.3 Å². The Balaban J connectivity index is 3.17. The van der Waals surface area contributed by atoms with Gasteiger partial charge in [-0.25, -0.2) is 0 Å². The third-order valence-electron chi connectivity index (χ3n) is 4.04. The summed E-state index contributed by atoms with van der Waals surface area (Å²) < 4.78 is 6.62. The number of hydrogen-bond donors (Lipinski definition) is 1. The van der Waals surface area contributed by atoms with Crippen LogP contribution in [0.5, 0.6) is 0 Å². The first-order valence-corrected chi connectivity index (χ1v) is 8.79. The first kappa shape index (κ1) is 20.2. The molecule has 0 radical (unpaired) electrons. The maximum absolute atomic E-state index is 12.9. The van der Waals surface area contributed by atoms with Gasteiger partial charge in [-0.2, -0.15) is 0 Å². The summed E-state index contributed by atoms with van der Waals surface area (Å²) in [6.07, 6.45) is 1.34. The van der Waals surface area contributed by atoms with Gasteiger partial charge in [-0.05, 0) is 63.6 Å². The number of carbonyl (C=O) groups excluding carboxylic acids is 1. The molecule has 23 heavy (non-hydrogen) atoms. The fraction of sp³-hybridized carbons (Fsp3) is 0.632. The Kier molecular flexibility index (Phi) is 6.45. The highest BCUT2D eigenvalue weighted by Crippen LogP contribution is 2.37. The minimum absolute atomic E-state index is 0.0931. The summed E-state index contributed by atoms with van der Waals surface area (Å²) in [5.41, 5.74) is -0.579. The van der Waals surface area contributed by atoms with Gasteiger partial charge in [0.25, 0.3) is 0 Å². The van der Waals surface area contributed by atoms with Crippen molar-refractivity contribution in [1.29, 1.82) is 0 Å². The average Bonchev–Trinajstić information content (AvgIpc) is 2.43. The normalized spacial score (nSPS) is 15.1. The van der Waals surface area contributed by atoms with Gasteiger partial charge in [-0.1, -0.05) is 41.9 Å². The topological polar surface area (TPSA) is 46.5 Å². The molecular formula is C19H29BrO3. The van der Waals surface area contributed by atoms with Crippen LogP contribution in [0.25, 0.3) is 0 Å². The van der Waals surface area contributed by atoms with E-state index in [1.807, 2.05) is 65.8 Å². The van der Waals surface area contributed by atoms with Gasteiger partial charge in [-0.3, -0.25) is 4.79 Å². The summed E-state index contributed by atoms with van der Waals surface area (Å²) in [4.78, 5) is 12.9. The van der Waals surface area contributed by atoms with Gasteiger partial charge in [0.05, 0.1) is 5.41 Å². The van der Waals surface area contributed by atoms with Crippen LogP contribution in [0.3, 0.4) is 0 Å². The Morgan fingerprint density at radius 1 is 1.13 bits per heavy atom. The molecule has 0 aromatic heterocycles. The van der Waals surface area contributed by atoms with E-state index < -0.39 is 11.0 Å². The molecule has 130 valence electrons. The molecule has 1 aromatic rings. The number of hydrogen-bond acceptors (Lipinski definition) is 3. The summed E-state index contributed by atoms with van der Waals surface area (Å²) in [5.74, 6) is -0.225. The second kappa shape index (κ2) is 7.35. The van der Waals surface area contributed by atoms with E-state index in [1.165, 1.54) is 0 Å². The fourth-order valence-corrected chi connectivity index (χ4v) is 2.65. The molecule has 0 aliphatic rings. The summed E-state index contributed by atoms with van der Waals surface area (Å²) in [5, 5.41) is 9.51. The smallest absolute Gasteiger partial charge is 0.316 e. The van der Waals surface area contributed by atoms with Gasteiger partial charge in [0.1, 0.15) is 5.60 Å². The first-order valence-electron chi connectivity index (χ1n) is 8.00. The van der Waals surface area contributed by atoms with Crippen LogP contribution in [0.4, 0.5) is 0 Å². The van der Waals surface area contributed by atoms with E-state index in [9.17, 15) is 9.90 Å². The van der Waals surface area contributed by atoms with Crippen molar-refractivity contribution in [2.24, 2.45) is 5.41 Å². The molecule has 1 unspecified atom stereocenters. The number of aliphatic hydroxyl groups is 1. The van der Waals surface area contributed by atoms with E-state index in [2.05, 4.69) is 15.9 Å². The molecule has 0 saturated carbocycles. The van der Waals surface area contributed by atoms with Crippen molar-refractivity contribution in [3.8, 4) is 0 Å². The Morgan fingerprint density at radius 3 is 2.22 bits per heavy atom. The van der Waals surface area contributed by atoms with Crippen LogP contribution in [0.15, 0.2) is 28.7 Å². The predicted molar refractivity (Wildman–Crippen MR) is 97.4 cm³/mol. The maximum atomic E-state index is 12.9. The number of aliphatic hydroxyl groups excluding tert-OH is 1. The molecule has 0 amide bonds. The van der Waals surface area contributed by atoms with E-state index in [1.54, 1.807) is 0 Å². The van der Waals surface area contributed by atoms with E-state index in [0.717, 1.165) is 16.5 Å². The SMILES string of the molecule is CC(C)(CO)CCC(C)(C(=O)OC(C)(C)C)c1cccc(Br)c1. The number of halogens is 1. The molecule has 0 fully saturated rings. The highest BCUT2D eigenvalue weighted by Gasteiger charge is 2.40. The van der Waals surface area contributed by atoms with Gasteiger partial charge in [0, 0.05) is 11.1 Å². The standard InChI is InChI=1S/C19H29BrO3/c1-17(2,3)23-16(22)19(6,11-10-18(4,5)13-21)14-8-7-9-15(20)12-14/h7-9,12,21H,10-11,13H2,1-6H3. The largest absolute Gasteiger partial charge is 0.459 e. The molecule has 1 N–H and O–H groups in total. The zero-order valence-corrected chi connectivity index (χ0v) is 16.7. The molecule has 1 rings (SSSR count). The summed E-state index contributed by atoms with van der Waals surface area (Å²) in [6.45, 7) is 11.7. The second-order valence-corrected chi connectivity index (χ2v) is 9.08. The second-order valence-electron chi connectivity index (χ2n) is 8.17. The quantitative estimate of drug-likeness (QED) is 0.713. The molecule has 3 nitrogen and oxygen atoms in total. The number of ether oxygens (including phenoxy) is 1. The lowest BCUT2D eigenvalue weighted by Gasteiger charge is -2.34. The molecule has 4 heteroatoms. The third kappa shape index (κ3) is 5.92. The summed E-state index contributed by atoms with van der Waals surface area (Å²) in [7, 11) is 0. The summed E-state index contributed by atoms with van der Waals surface area (Å²) in [6, 6.07) is 7.80. The van der Waals surface area contributed by atoms with E-state index in [4.69, 9.17) is 4.74 Å². The van der Waals surface area contributed by atoms with Gasteiger partial charge in [0.15, 0.2) is 0 Å². The van der Waals surface area contributed by atoms with E-state index >= 15 is 0 Å². The molecule has 0 bridgehead atoms. The minimum atomic E-state index is -0.747. The van der Waals surface area contributed by atoms with Crippen LogP contribution in [0.2, 0.25) is 0 Å². The number of carbonyl (C=O) groups is 1. The Bertz CT molecular complexity index is 546. The van der Waals surface area contributed by atoms with Crippen LogP contribution in [-0.4, -0.2) is 23.3 Å². The third-order valence-corrected chi connectivity index (χ3v) is 4.53. The van der Waals surface area contributed by atoms with Crippen LogP contribution in [0, 0.1) is 5.41 Å². The number of rotatable bonds is 6. The van der Waals surface area contributed by atoms with Crippen molar-refractivity contribution in [2.75, 3.05) is 6.61 Å². The Labute approximate surface area is 148 Å². The lowest BCUT2D eigenvalue weighted by Crippen LogP contribution is -2.40. The van der Waals surface area contributed by atoms with Crippen molar-refractivity contribution in [1.82, 2.24) is 0 Å². The molecule has 1 atom stereocenters. The number of benzene rings is 1. The van der Waals surface area contributed by atoms with Crippen LogP contribution in [0.1, 0.15) is 59.9 Å². The highest BCUT2D eigenvalue weighted by atomic mass is 79.9. The van der Waals surface area contributed by atoms with Crippen molar-refractivity contribution >= 4 is 21.9 Å². The molecular weight excluding hydrogens is 356 g/mol. The van der Waals surface area contributed by atoms with Crippen LogP contribution >= 0.6 is 15.9 Å². The average molecular weight is 385 g/mol. The van der Waals surface area contributed by atoms with Crippen molar-refractivity contribution in [2.45, 2.75) is 65.4 Å². The Hall–Kier alpha value is -0.870. The number of esters is 1. The van der Waals surface area contributed by atoms with Crippen LogP contribution in [-0.2, 0) is 14.9 Å². The molecule has 1 aromatic carbocycles. The van der Waals surface area contributed by atoms with E-state index in [0.29, 0.717) is 6.42 Å². The van der Waals surface area contributed by atoms with Crippen LogP contribution < -0.4 is 0 Å². The predicted octanol–water partition coefficient (Wildman–Crippen LogP) is 4.85. The van der Waals surface area contributed by atoms with Gasteiger partial charge in [0.2, 0.25) is 0 Å². The fourth-order valence-electron chi connectivity index (χ4n) is 2.25. The molecule has 0 spiro atoms. The Morgan fingerprint density at radius 2 is 1.74 bits per heavy atom. The van der Waals surface area contributed by atoms with E-state index in [-0.39, 0.29) is 18.0 Å². The summed E-state index contributed by atoms with van der Waals surface area (Å²) >= 11 is 3.48. The molecule has 0 saturated heterocycles. The lowest BCUT2D eigenvalue weighted by molar-refractivity contribution is -0.162. The van der Waals surface area contributed by atoms with Crippen molar-refractivity contribution in [3.63, 3.8) is 0 Å². The van der Waals surface area contributed by atoms with Gasteiger partial charge in [-0.15, -0.1) is 0 Å². The zero-order valence-electron chi connectivity index (χ0n) is 15.1. The maximum Gasteiger partial charge on any atom is 0.316 e. The van der Waals surface area contributed by atoms with Gasteiger partial charge < -0.3 is 9.84 Å². The molecule has 0 aliphatic carbocycles. The lowest BCUT2D eigenvalue weighted by atomic mass is 9.74. The van der Waals surface area contributed by atoms with Crippen molar-refractivity contribution < 1.29 is 14.6 Å². The monoisotopic (exact) mass is 384 g/mol. The molecule has 0 heterocycles. The zero-order chi connectivity index (χ0) is 17.9.